The van der Waals surface area contributed by atoms with Gasteiger partial charge in [-0.3, -0.25) is 18.7 Å². The number of carboxylic acids is 1. The first-order valence-corrected chi connectivity index (χ1v) is 23.7. The highest BCUT2D eigenvalue weighted by atomic mass is 35.5. The number of thioether (sulfide) groups is 1. The number of carbonyl (C=O) groups excluding carboxylic acids is 1. The summed E-state index contributed by atoms with van der Waals surface area (Å²) in [5.41, 5.74) is 0.406. The van der Waals surface area contributed by atoms with Gasteiger partial charge < -0.3 is 34.7 Å². The molecule has 64 heavy (non-hydrogen) atoms. The van der Waals surface area contributed by atoms with E-state index < -0.39 is 47.7 Å². The summed E-state index contributed by atoms with van der Waals surface area (Å²) >= 11 is 15.5. The lowest BCUT2D eigenvalue weighted by molar-refractivity contribution is -0.432. The summed E-state index contributed by atoms with van der Waals surface area (Å²) in [5, 5.41) is 28.9. The first kappa shape index (κ1) is 46.7. The Morgan fingerprint density at radius 2 is 1.36 bits per heavy atom. The highest BCUT2D eigenvalue weighted by Gasteiger charge is 2.34. The fraction of sp³-hybridized carbons (Fsp3) is 0.147. The van der Waals surface area contributed by atoms with E-state index in [0.717, 1.165) is 23.8 Å². The molecule has 4 aromatic carbocycles. The largest absolute Gasteiger partial charge is 0.481 e. The SMILES string of the molecule is Cc1ccc2c(c1S(=O)(=O)O)Oc1c(Cl)c3c(c(Cl)c1=N2)Oc1c(ccc(NCCNc2nc(Nc4ccc(SOC(=O)CSOOO)cc4)nc(SCC(=O)O)n2)c1S(=O)(=O)O)N=3. The smallest absolute Gasteiger partial charge is 0.330 e. The lowest BCUT2D eigenvalue weighted by Gasteiger charge is -2.23. The number of nitrogens with one attached hydrogen (secondary N) is 3. The van der Waals surface area contributed by atoms with Gasteiger partial charge in [-0.25, -0.2) is 15.2 Å². The van der Waals surface area contributed by atoms with Crippen LogP contribution >= 0.6 is 59.0 Å². The van der Waals surface area contributed by atoms with Crippen LogP contribution in [-0.2, 0) is 43.4 Å². The molecule has 30 heteroatoms. The van der Waals surface area contributed by atoms with Crippen molar-refractivity contribution in [2.45, 2.75) is 26.8 Å². The normalized spacial score (nSPS) is 12.5. The Hall–Kier alpha value is -5.24. The van der Waals surface area contributed by atoms with E-state index in [0.29, 0.717) is 22.6 Å². The number of anilines is 4. The molecule has 0 radical (unpaired) electrons. The number of aliphatic carboxylic acids is 1. The summed E-state index contributed by atoms with van der Waals surface area (Å²) in [5.74, 6) is -3.57. The summed E-state index contributed by atoms with van der Waals surface area (Å²) < 4.78 is 91.7. The van der Waals surface area contributed by atoms with Gasteiger partial charge >= 0.3 is 11.9 Å². The minimum absolute atomic E-state index is 0.00937. The molecule has 0 saturated heterocycles. The number of ether oxygens (including phenoxy) is 2. The molecule has 0 unspecified atom stereocenters. The monoisotopic (exact) mass is 1020 g/mol. The lowest BCUT2D eigenvalue weighted by Crippen LogP contribution is -2.23. The number of aryl methyl sites for hydroxylation is 1. The molecule has 7 N–H and O–H groups in total. The van der Waals surface area contributed by atoms with Crippen LogP contribution in [0.2, 0.25) is 10.0 Å². The maximum Gasteiger partial charge on any atom is 0.330 e. The van der Waals surface area contributed by atoms with Crippen molar-refractivity contribution in [3.05, 3.63) is 74.9 Å². The van der Waals surface area contributed by atoms with E-state index >= 15 is 0 Å². The van der Waals surface area contributed by atoms with Crippen LogP contribution in [0.15, 0.2) is 78.4 Å². The minimum Gasteiger partial charge on any atom is -0.481 e. The molecule has 0 fully saturated rings. The molecular weight excluding hydrogens is 992 g/mol. The molecule has 0 spiro atoms. The van der Waals surface area contributed by atoms with Crippen molar-refractivity contribution in [2.24, 2.45) is 9.98 Å². The Labute approximate surface area is 382 Å². The maximum atomic E-state index is 12.9. The highest BCUT2D eigenvalue weighted by Crippen LogP contribution is 2.48. The quantitative estimate of drug-likeness (QED) is 0.0126. The minimum atomic E-state index is -5.04. The summed E-state index contributed by atoms with van der Waals surface area (Å²) in [6.07, 6.45) is 0. The van der Waals surface area contributed by atoms with Crippen LogP contribution in [0.3, 0.4) is 0 Å². The van der Waals surface area contributed by atoms with E-state index in [1.54, 1.807) is 24.3 Å². The maximum absolute atomic E-state index is 12.9. The Kier molecular flexibility index (Phi) is 14.2. The third-order valence-corrected chi connectivity index (χ3v) is 13.0. The molecule has 0 amide bonds. The van der Waals surface area contributed by atoms with Gasteiger partial charge in [0.05, 0.1) is 23.5 Å². The van der Waals surface area contributed by atoms with Gasteiger partial charge in [0.15, 0.2) is 33.0 Å². The number of nitrogens with zero attached hydrogens (tertiary/aromatic N) is 5. The lowest BCUT2D eigenvalue weighted by atomic mass is 10.1. The molecule has 0 atom stereocenters. The Morgan fingerprint density at radius 3 is 1.97 bits per heavy atom. The van der Waals surface area contributed by atoms with Gasteiger partial charge in [-0.1, -0.05) is 46.1 Å². The van der Waals surface area contributed by atoms with Crippen LogP contribution < -0.4 is 36.1 Å². The highest BCUT2D eigenvalue weighted by molar-refractivity contribution is 7.99. The van der Waals surface area contributed by atoms with Crippen molar-refractivity contribution < 1.29 is 68.9 Å². The number of hydrogen-bond acceptors (Lipinski definition) is 23. The van der Waals surface area contributed by atoms with Gasteiger partial charge in [0.25, 0.3) is 20.2 Å². The number of hydrogen-bond donors (Lipinski definition) is 7. The van der Waals surface area contributed by atoms with Crippen molar-refractivity contribution in [2.75, 3.05) is 40.5 Å². The van der Waals surface area contributed by atoms with Gasteiger partial charge in [-0.2, -0.15) is 31.8 Å². The predicted molar refractivity (Wildman–Crippen MR) is 230 cm³/mol. The van der Waals surface area contributed by atoms with Crippen molar-refractivity contribution in [1.82, 2.24) is 15.0 Å². The molecule has 23 nitrogen and oxygen atoms in total. The summed E-state index contributed by atoms with van der Waals surface area (Å²) in [6.45, 7) is 1.45. The molecule has 3 heterocycles. The average Bonchev–Trinajstić information content (AvgIpc) is 3.24. The van der Waals surface area contributed by atoms with Crippen LogP contribution in [0.1, 0.15) is 5.56 Å². The third-order valence-electron chi connectivity index (χ3n) is 8.27. The number of rotatable bonds is 18. The van der Waals surface area contributed by atoms with E-state index in [9.17, 15) is 40.6 Å². The van der Waals surface area contributed by atoms with Gasteiger partial charge in [0.2, 0.25) is 11.9 Å². The molecular formula is C34H26Cl2N8O15S5. The van der Waals surface area contributed by atoms with Crippen molar-refractivity contribution in [1.29, 1.82) is 0 Å². The first-order chi connectivity index (χ1) is 30.4. The van der Waals surface area contributed by atoms with Crippen LogP contribution in [0, 0.1) is 6.92 Å². The van der Waals surface area contributed by atoms with E-state index in [2.05, 4.69) is 50.3 Å². The molecule has 7 rings (SSSR count). The Balaban J connectivity index is 1.08. The topological polar surface area (TPSA) is 329 Å². The zero-order valence-corrected chi connectivity index (χ0v) is 37.4. The second kappa shape index (κ2) is 19.5. The zero-order chi connectivity index (χ0) is 45.9. The molecule has 2 aliphatic rings. The van der Waals surface area contributed by atoms with Crippen molar-refractivity contribution >= 4 is 126 Å². The van der Waals surface area contributed by atoms with Gasteiger partial charge in [0, 0.05) is 35.7 Å². The molecule has 1 aromatic heterocycles. The van der Waals surface area contributed by atoms with Crippen LogP contribution in [0.4, 0.5) is 34.6 Å². The first-order valence-electron chi connectivity index (χ1n) is 17.4. The number of fused-ring (bicyclic) bond motifs is 4. The molecule has 5 aromatic rings. The van der Waals surface area contributed by atoms with E-state index in [4.69, 9.17) is 42.1 Å². The fourth-order valence-electron chi connectivity index (χ4n) is 5.73. The van der Waals surface area contributed by atoms with Crippen LogP contribution in [0.5, 0.6) is 23.0 Å². The number of carboxylic acid groups (broad SMARTS) is 1. The standard InChI is InChI=1S/C34H26Cl2N8O15S5/c1-14-2-7-17-26(30(14)63(49,50)51)55-28-22(35)25-29(23(36)24(28)40-17)56-27-18(41-25)8-9-19(31(27)64(52,53)54)37-10-11-38-32-42-33(44-34(43-32)60-12-20(45)46)39-15-3-5-16(6-4-15)62-57-21(47)13-61-59-58-48/h2-9,37,48H,10-13H2,1H3,(H,45,46)(H,49,50,51)(H,52,53,54)(H2,38,39,42,43,44). The molecule has 0 bridgehead atoms. The van der Waals surface area contributed by atoms with Gasteiger partial charge in [-0.05, 0) is 55.0 Å². The van der Waals surface area contributed by atoms with Gasteiger partial charge in [-0.15, -0.1) is 4.33 Å². The Bertz CT molecular complexity index is 3070. The number of carbonyl (C=O) groups is 2. The van der Waals surface area contributed by atoms with Crippen LogP contribution in [-0.4, -0.2) is 87.8 Å². The second-order valence-corrected chi connectivity index (χ2v) is 18.5. The predicted octanol–water partition coefficient (Wildman–Crippen LogP) is 6.16. The molecule has 336 valence electrons. The Morgan fingerprint density at radius 1 is 0.766 bits per heavy atom. The van der Waals surface area contributed by atoms with E-state index in [-0.39, 0.29) is 102 Å². The summed E-state index contributed by atoms with van der Waals surface area (Å²) in [7, 11) is -9.82. The van der Waals surface area contributed by atoms with Crippen molar-refractivity contribution in [3.8, 4) is 23.0 Å². The molecule has 0 aliphatic carbocycles. The summed E-state index contributed by atoms with van der Waals surface area (Å²) in [6, 6.07) is 12.0. The second-order valence-electron chi connectivity index (χ2n) is 12.6. The number of halogens is 2. The molecule has 2 aliphatic heterocycles. The number of aromatic nitrogens is 3. The van der Waals surface area contributed by atoms with E-state index in [1.807, 2.05) is 0 Å². The third kappa shape index (κ3) is 10.6. The van der Waals surface area contributed by atoms with E-state index in [1.165, 1.54) is 31.2 Å². The fourth-order valence-corrected chi connectivity index (χ4v) is 9.27. The average molecular weight is 1020 g/mol. The molecule has 0 saturated carbocycles. The van der Waals surface area contributed by atoms with Crippen LogP contribution in [0.25, 0.3) is 0 Å². The number of benzene rings is 4. The summed E-state index contributed by atoms with van der Waals surface area (Å²) in [4.78, 5) is 44.0. The zero-order valence-electron chi connectivity index (χ0n) is 31.8. The van der Waals surface area contributed by atoms with Crippen molar-refractivity contribution in [3.63, 3.8) is 0 Å². The van der Waals surface area contributed by atoms with Gasteiger partial charge in [0.1, 0.15) is 42.8 Å².